The second kappa shape index (κ2) is 5.87. The van der Waals surface area contributed by atoms with Gasteiger partial charge in [-0.3, -0.25) is 0 Å². The quantitative estimate of drug-likeness (QED) is 0.939. The molecular weight excluding hydrogens is 304 g/mol. The fraction of sp³-hybridized carbons (Fsp3) is 0.400. The van der Waals surface area contributed by atoms with Crippen LogP contribution in [0.25, 0.3) is 0 Å². The molecular formula is C15H18N2O2S2. The molecule has 0 aliphatic carbocycles. The fourth-order valence-electron chi connectivity index (χ4n) is 2.70. The Morgan fingerprint density at radius 2 is 2.19 bits per heavy atom. The zero-order chi connectivity index (χ0) is 14.9. The van der Waals surface area contributed by atoms with Crippen molar-refractivity contribution >= 4 is 21.2 Å². The van der Waals surface area contributed by atoms with Crippen molar-refractivity contribution in [3.05, 3.63) is 45.9 Å². The van der Waals surface area contributed by atoms with E-state index in [2.05, 4.69) is 15.7 Å². The minimum Gasteiger partial charge on any atom is -0.309 e. The van der Waals surface area contributed by atoms with Crippen LogP contribution in [-0.2, 0) is 16.3 Å². The van der Waals surface area contributed by atoms with Gasteiger partial charge in [-0.25, -0.2) is 13.4 Å². The van der Waals surface area contributed by atoms with Gasteiger partial charge in [-0.1, -0.05) is 18.2 Å². The number of aryl methyl sites for hydroxylation is 1. The number of hydrogen-bond donors (Lipinski definition) is 1. The van der Waals surface area contributed by atoms with Crippen LogP contribution in [0.5, 0.6) is 0 Å². The van der Waals surface area contributed by atoms with Gasteiger partial charge in [0.2, 0.25) is 0 Å². The van der Waals surface area contributed by atoms with Gasteiger partial charge in [0.15, 0.2) is 9.84 Å². The van der Waals surface area contributed by atoms with Crippen LogP contribution in [-0.4, -0.2) is 25.7 Å². The van der Waals surface area contributed by atoms with Gasteiger partial charge in [0.25, 0.3) is 0 Å². The van der Waals surface area contributed by atoms with Crippen LogP contribution >= 0.6 is 11.3 Å². The number of hydrogen-bond acceptors (Lipinski definition) is 5. The maximum absolute atomic E-state index is 12.1. The molecule has 0 saturated heterocycles. The molecule has 1 unspecified atom stereocenters. The maximum Gasteiger partial charge on any atom is 0.178 e. The second-order valence-corrected chi connectivity index (χ2v) is 8.40. The van der Waals surface area contributed by atoms with Crippen molar-refractivity contribution in [2.24, 2.45) is 0 Å². The molecule has 3 rings (SSSR count). The standard InChI is InChI=1S/C15H18N2O2S2/c1-11-17-12(10-20-11)6-8-16-14-7-9-21(18,19)15-5-3-2-4-13(14)15/h2-5,10,14,16H,6-9H2,1H3. The van der Waals surface area contributed by atoms with Crippen molar-refractivity contribution in [1.29, 1.82) is 0 Å². The Kier molecular flexibility index (Phi) is 4.10. The number of sulfone groups is 1. The molecule has 0 fully saturated rings. The molecule has 1 aromatic heterocycles. The first-order valence-corrected chi connectivity index (χ1v) is 9.55. The van der Waals surface area contributed by atoms with Gasteiger partial charge in [0, 0.05) is 24.4 Å². The summed E-state index contributed by atoms with van der Waals surface area (Å²) in [6.07, 6.45) is 1.51. The van der Waals surface area contributed by atoms with Crippen molar-refractivity contribution < 1.29 is 8.42 Å². The monoisotopic (exact) mass is 322 g/mol. The first kappa shape index (κ1) is 14.7. The van der Waals surface area contributed by atoms with Crippen LogP contribution in [0.1, 0.15) is 28.7 Å². The lowest BCUT2D eigenvalue weighted by atomic mass is 10.0. The first-order valence-electron chi connectivity index (χ1n) is 7.02. The summed E-state index contributed by atoms with van der Waals surface area (Å²) in [5.41, 5.74) is 2.00. The van der Waals surface area contributed by atoms with Crippen molar-refractivity contribution in [3.8, 4) is 0 Å². The summed E-state index contributed by atoms with van der Waals surface area (Å²) < 4.78 is 24.2. The van der Waals surface area contributed by atoms with E-state index in [0.717, 1.165) is 29.2 Å². The summed E-state index contributed by atoms with van der Waals surface area (Å²) in [6.45, 7) is 2.81. The molecule has 0 bridgehead atoms. The molecule has 1 aromatic carbocycles. The van der Waals surface area contributed by atoms with Crippen molar-refractivity contribution in [1.82, 2.24) is 10.3 Å². The van der Waals surface area contributed by atoms with E-state index in [1.807, 2.05) is 19.1 Å². The summed E-state index contributed by atoms with van der Waals surface area (Å²) in [6, 6.07) is 7.43. The van der Waals surface area contributed by atoms with Gasteiger partial charge in [0.05, 0.1) is 21.3 Å². The summed E-state index contributed by atoms with van der Waals surface area (Å²) in [7, 11) is -3.10. The molecule has 2 aromatic rings. The lowest BCUT2D eigenvalue weighted by Gasteiger charge is -2.26. The number of nitrogens with zero attached hydrogens (tertiary/aromatic N) is 1. The van der Waals surface area contributed by atoms with E-state index in [9.17, 15) is 8.42 Å². The first-order chi connectivity index (χ1) is 10.1. The third kappa shape index (κ3) is 3.17. The highest BCUT2D eigenvalue weighted by Crippen LogP contribution is 2.31. The summed E-state index contributed by atoms with van der Waals surface area (Å²) in [4.78, 5) is 4.93. The zero-order valence-corrected chi connectivity index (χ0v) is 13.5. The van der Waals surface area contributed by atoms with E-state index < -0.39 is 9.84 Å². The Balaban J connectivity index is 1.69. The Morgan fingerprint density at radius 3 is 2.95 bits per heavy atom. The molecule has 2 heterocycles. The van der Waals surface area contributed by atoms with Crippen LogP contribution in [0, 0.1) is 6.92 Å². The van der Waals surface area contributed by atoms with E-state index in [1.165, 1.54) is 0 Å². The summed E-state index contributed by atoms with van der Waals surface area (Å²) in [5, 5.41) is 6.64. The summed E-state index contributed by atoms with van der Waals surface area (Å²) in [5.74, 6) is 0.220. The van der Waals surface area contributed by atoms with Gasteiger partial charge in [-0.15, -0.1) is 11.3 Å². The number of thiazole rings is 1. The molecule has 0 spiro atoms. The van der Waals surface area contributed by atoms with Crippen LogP contribution in [0.15, 0.2) is 34.5 Å². The number of benzene rings is 1. The highest BCUT2D eigenvalue weighted by atomic mass is 32.2. The van der Waals surface area contributed by atoms with Crippen LogP contribution < -0.4 is 5.32 Å². The average molecular weight is 322 g/mol. The SMILES string of the molecule is Cc1nc(CCNC2CCS(=O)(=O)c3ccccc32)cs1. The Hall–Kier alpha value is -1.24. The van der Waals surface area contributed by atoms with E-state index >= 15 is 0 Å². The Labute approximate surface area is 129 Å². The van der Waals surface area contributed by atoms with Gasteiger partial charge in [-0.2, -0.15) is 0 Å². The molecule has 1 aliphatic rings. The topological polar surface area (TPSA) is 59.1 Å². The normalized spacial score (nSPS) is 20.1. The largest absolute Gasteiger partial charge is 0.309 e. The molecule has 1 atom stereocenters. The Bertz CT molecular complexity index is 738. The molecule has 21 heavy (non-hydrogen) atoms. The predicted molar refractivity (Wildman–Crippen MR) is 84.4 cm³/mol. The molecule has 0 amide bonds. The van der Waals surface area contributed by atoms with E-state index in [-0.39, 0.29) is 11.8 Å². The molecule has 0 radical (unpaired) electrons. The van der Waals surface area contributed by atoms with Crippen molar-refractivity contribution in [2.75, 3.05) is 12.3 Å². The number of fused-ring (bicyclic) bond motifs is 1. The lowest BCUT2D eigenvalue weighted by Crippen LogP contribution is -2.31. The average Bonchev–Trinajstić information content (AvgIpc) is 2.87. The van der Waals surface area contributed by atoms with E-state index in [1.54, 1.807) is 23.5 Å². The molecule has 0 saturated carbocycles. The summed E-state index contributed by atoms with van der Waals surface area (Å²) >= 11 is 1.66. The van der Waals surface area contributed by atoms with Crippen molar-refractivity contribution in [3.63, 3.8) is 0 Å². The smallest absolute Gasteiger partial charge is 0.178 e. The van der Waals surface area contributed by atoms with Crippen LogP contribution in [0.3, 0.4) is 0 Å². The van der Waals surface area contributed by atoms with Crippen molar-refractivity contribution in [2.45, 2.75) is 30.7 Å². The van der Waals surface area contributed by atoms with Crippen LogP contribution in [0.2, 0.25) is 0 Å². The number of nitrogens with one attached hydrogen (secondary N) is 1. The molecule has 1 aliphatic heterocycles. The van der Waals surface area contributed by atoms with Gasteiger partial charge in [0.1, 0.15) is 0 Å². The minimum atomic E-state index is -3.10. The second-order valence-electron chi connectivity index (χ2n) is 5.26. The highest BCUT2D eigenvalue weighted by Gasteiger charge is 2.29. The van der Waals surface area contributed by atoms with E-state index in [0.29, 0.717) is 11.3 Å². The molecule has 4 nitrogen and oxygen atoms in total. The molecule has 112 valence electrons. The fourth-order valence-corrected chi connectivity index (χ4v) is 4.97. The van der Waals surface area contributed by atoms with E-state index in [4.69, 9.17) is 0 Å². The zero-order valence-electron chi connectivity index (χ0n) is 11.9. The third-order valence-electron chi connectivity index (χ3n) is 3.74. The predicted octanol–water partition coefficient (Wildman–Crippen LogP) is 2.50. The Morgan fingerprint density at radius 1 is 1.38 bits per heavy atom. The van der Waals surface area contributed by atoms with Gasteiger partial charge >= 0.3 is 0 Å². The molecule has 1 N–H and O–H groups in total. The third-order valence-corrected chi connectivity index (χ3v) is 6.38. The van der Waals surface area contributed by atoms with Crippen LogP contribution in [0.4, 0.5) is 0 Å². The molecule has 6 heteroatoms. The van der Waals surface area contributed by atoms with Gasteiger partial charge in [-0.05, 0) is 25.0 Å². The highest BCUT2D eigenvalue weighted by molar-refractivity contribution is 7.91. The maximum atomic E-state index is 12.1. The number of rotatable bonds is 4. The minimum absolute atomic E-state index is 0.115. The lowest BCUT2D eigenvalue weighted by molar-refractivity contribution is 0.494. The van der Waals surface area contributed by atoms with Gasteiger partial charge < -0.3 is 5.32 Å². The number of aromatic nitrogens is 1.